The summed E-state index contributed by atoms with van der Waals surface area (Å²) in [6.07, 6.45) is -4.30. The normalized spacial score (nSPS) is 15.6. The van der Waals surface area contributed by atoms with Crippen molar-refractivity contribution in [1.82, 2.24) is 14.4 Å². The Bertz CT molecular complexity index is 1120. The number of benzene rings is 1. The first-order chi connectivity index (χ1) is 13.2. The van der Waals surface area contributed by atoms with Crippen LogP contribution in [-0.2, 0) is 29.2 Å². The van der Waals surface area contributed by atoms with Crippen molar-refractivity contribution in [2.75, 3.05) is 6.54 Å². The van der Waals surface area contributed by atoms with Gasteiger partial charge in [0.15, 0.2) is 0 Å². The van der Waals surface area contributed by atoms with Crippen molar-refractivity contribution in [3.05, 3.63) is 51.0 Å². The number of aromatic nitrogens is 2. The highest BCUT2D eigenvalue weighted by Crippen LogP contribution is 2.37. The number of fused-ring (bicyclic) bond motifs is 1. The maximum Gasteiger partial charge on any atom is 0.471 e. The Labute approximate surface area is 166 Å². The lowest BCUT2D eigenvalue weighted by atomic mass is 10.1. The molecular weight excluding hydrogens is 439 g/mol. The van der Waals surface area contributed by atoms with Gasteiger partial charge in [0.25, 0.3) is 0 Å². The van der Waals surface area contributed by atoms with Crippen LogP contribution >= 0.6 is 22.9 Å². The predicted molar refractivity (Wildman–Crippen MR) is 95.4 cm³/mol. The molecule has 0 saturated heterocycles. The molecule has 1 aliphatic heterocycles. The Morgan fingerprint density at radius 2 is 1.93 bits per heavy atom. The predicted octanol–water partition coefficient (Wildman–Crippen LogP) is 4.22. The third-order valence-electron chi connectivity index (χ3n) is 4.26. The van der Waals surface area contributed by atoms with E-state index in [1.807, 2.05) is 0 Å². The molecule has 148 valence electrons. The zero-order valence-electron chi connectivity index (χ0n) is 13.9. The van der Waals surface area contributed by atoms with Gasteiger partial charge in [-0.1, -0.05) is 16.8 Å². The van der Waals surface area contributed by atoms with Crippen molar-refractivity contribution in [3.8, 4) is 11.4 Å². The molecule has 3 aromatic rings. The monoisotopic (exact) mass is 449 g/mol. The van der Waals surface area contributed by atoms with Gasteiger partial charge in [-0.25, -0.2) is 8.42 Å². The van der Waals surface area contributed by atoms with Crippen molar-refractivity contribution in [2.45, 2.75) is 24.0 Å². The largest absolute Gasteiger partial charge is 0.471 e. The molecule has 1 aliphatic rings. The van der Waals surface area contributed by atoms with Gasteiger partial charge in [0.2, 0.25) is 15.8 Å². The third kappa shape index (κ3) is 3.43. The van der Waals surface area contributed by atoms with Crippen molar-refractivity contribution in [3.63, 3.8) is 0 Å². The average molecular weight is 450 g/mol. The Kier molecular flexibility index (Phi) is 4.73. The first kappa shape index (κ1) is 19.4. The molecular formula is C16H11ClF3N3O3S2. The molecule has 0 radical (unpaired) electrons. The number of thiophene rings is 1. The summed E-state index contributed by atoms with van der Waals surface area (Å²) < 4.78 is 69.5. The summed E-state index contributed by atoms with van der Waals surface area (Å²) >= 11 is 7.14. The Balaban J connectivity index is 1.66. The molecule has 1 aromatic carbocycles. The second kappa shape index (κ2) is 6.83. The number of hydrogen-bond donors (Lipinski definition) is 0. The van der Waals surface area contributed by atoms with E-state index in [1.54, 1.807) is 5.38 Å². The van der Waals surface area contributed by atoms with E-state index < -0.39 is 22.1 Å². The Morgan fingerprint density at radius 1 is 1.21 bits per heavy atom. The van der Waals surface area contributed by atoms with Crippen LogP contribution in [0.25, 0.3) is 11.4 Å². The highest BCUT2D eigenvalue weighted by Gasteiger charge is 2.39. The minimum Gasteiger partial charge on any atom is -0.329 e. The fraction of sp³-hybridized carbons (Fsp3) is 0.250. The van der Waals surface area contributed by atoms with E-state index in [1.165, 1.54) is 39.9 Å². The first-order valence-corrected chi connectivity index (χ1v) is 10.6. The molecule has 0 bridgehead atoms. The minimum absolute atomic E-state index is 0.00895. The molecule has 6 nitrogen and oxygen atoms in total. The van der Waals surface area contributed by atoms with Crippen molar-refractivity contribution in [1.29, 1.82) is 0 Å². The summed E-state index contributed by atoms with van der Waals surface area (Å²) in [4.78, 5) is 4.39. The van der Waals surface area contributed by atoms with Crippen molar-refractivity contribution >= 4 is 33.0 Å². The van der Waals surface area contributed by atoms with E-state index in [4.69, 9.17) is 11.6 Å². The molecule has 0 fully saturated rings. The Morgan fingerprint density at radius 3 is 2.57 bits per heavy atom. The molecule has 28 heavy (non-hydrogen) atoms. The van der Waals surface area contributed by atoms with Crippen LogP contribution in [-0.4, -0.2) is 29.4 Å². The van der Waals surface area contributed by atoms with Crippen LogP contribution in [0.15, 0.2) is 39.1 Å². The van der Waals surface area contributed by atoms with Gasteiger partial charge in [-0.15, -0.1) is 11.3 Å². The number of sulfonamides is 1. The lowest BCUT2D eigenvalue weighted by molar-refractivity contribution is -0.159. The Hall–Kier alpha value is -1.95. The summed E-state index contributed by atoms with van der Waals surface area (Å²) in [5, 5.41) is 5.44. The molecule has 2 aromatic heterocycles. The van der Waals surface area contributed by atoms with E-state index >= 15 is 0 Å². The fourth-order valence-electron chi connectivity index (χ4n) is 2.88. The lowest BCUT2D eigenvalue weighted by Gasteiger charge is -2.26. The summed E-state index contributed by atoms with van der Waals surface area (Å²) in [7, 11) is -3.78. The number of nitrogens with zero attached hydrogens (tertiary/aromatic N) is 3. The molecule has 0 N–H and O–H groups in total. The van der Waals surface area contributed by atoms with E-state index in [-0.39, 0.29) is 23.8 Å². The van der Waals surface area contributed by atoms with Gasteiger partial charge in [0, 0.05) is 33.9 Å². The van der Waals surface area contributed by atoms with Crippen LogP contribution in [0.3, 0.4) is 0 Å². The second-order valence-corrected chi connectivity index (χ2v) is 9.35. The van der Waals surface area contributed by atoms with Crippen LogP contribution < -0.4 is 0 Å². The quantitative estimate of drug-likeness (QED) is 0.598. The number of hydrogen-bond acceptors (Lipinski definition) is 6. The minimum atomic E-state index is -4.74. The van der Waals surface area contributed by atoms with Gasteiger partial charge in [-0.3, -0.25) is 0 Å². The maximum atomic E-state index is 12.9. The molecule has 0 saturated carbocycles. The molecule has 12 heteroatoms. The van der Waals surface area contributed by atoms with E-state index in [0.717, 1.165) is 4.88 Å². The molecule has 0 atom stereocenters. The van der Waals surface area contributed by atoms with Crippen LogP contribution in [0.4, 0.5) is 13.2 Å². The highest BCUT2D eigenvalue weighted by molar-refractivity contribution is 7.89. The summed E-state index contributed by atoms with van der Waals surface area (Å²) in [5.41, 5.74) is 0.929. The van der Waals surface area contributed by atoms with E-state index in [9.17, 15) is 21.6 Å². The van der Waals surface area contributed by atoms with Crippen molar-refractivity contribution in [2.24, 2.45) is 0 Å². The van der Waals surface area contributed by atoms with Gasteiger partial charge >= 0.3 is 12.1 Å². The van der Waals surface area contributed by atoms with E-state index in [2.05, 4.69) is 14.7 Å². The first-order valence-electron chi connectivity index (χ1n) is 7.92. The maximum absolute atomic E-state index is 12.9. The fourth-order valence-corrected chi connectivity index (χ4v) is 5.45. The number of rotatable bonds is 3. The highest BCUT2D eigenvalue weighted by atomic mass is 35.5. The van der Waals surface area contributed by atoms with Gasteiger partial charge in [-0.05, 0) is 36.2 Å². The standard InChI is InChI=1S/C16H11ClF3N3O3S2/c17-9-1-3-10(4-2-9)28(24,25)23-6-5-13-11(7-23)12(8-27-13)14-21-15(26-22-14)16(18,19)20/h1-4,8H,5-7H2. The smallest absolute Gasteiger partial charge is 0.329 e. The third-order valence-corrected chi connectivity index (χ3v) is 7.46. The molecule has 4 rings (SSSR count). The zero-order chi connectivity index (χ0) is 20.1. The second-order valence-electron chi connectivity index (χ2n) is 6.01. The zero-order valence-corrected chi connectivity index (χ0v) is 16.3. The number of alkyl halides is 3. The van der Waals surface area contributed by atoms with Crippen LogP contribution in [0.1, 0.15) is 16.3 Å². The van der Waals surface area contributed by atoms with Gasteiger partial charge in [0.05, 0.1) is 4.90 Å². The van der Waals surface area contributed by atoms with Gasteiger partial charge in [0.1, 0.15) is 0 Å². The number of halogens is 4. The van der Waals surface area contributed by atoms with Gasteiger partial charge < -0.3 is 4.52 Å². The summed E-state index contributed by atoms with van der Waals surface area (Å²) in [5.74, 6) is -1.65. The lowest BCUT2D eigenvalue weighted by Crippen LogP contribution is -2.35. The van der Waals surface area contributed by atoms with Crippen molar-refractivity contribution < 1.29 is 26.1 Å². The summed E-state index contributed by atoms with van der Waals surface area (Å²) in [6.45, 7) is 0.271. The molecule has 0 aliphatic carbocycles. The molecule has 0 unspecified atom stereocenters. The molecule has 0 spiro atoms. The van der Waals surface area contributed by atoms with Crippen LogP contribution in [0.5, 0.6) is 0 Å². The summed E-state index contributed by atoms with van der Waals surface area (Å²) in [6, 6.07) is 5.79. The van der Waals surface area contributed by atoms with Crippen LogP contribution in [0.2, 0.25) is 5.02 Å². The average Bonchev–Trinajstić information content (AvgIpc) is 3.28. The van der Waals surface area contributed by atoms with E-state index in [0.29, 0.717) is 22.6 Å². The molecule has 0 amide bonds. The molecule has 3 heterocycles. The van der Waals surface area contributed by atoms with Crippen LogP contribution in [0, 0.1) is 0 Å². The SMILES string of the molecule is O=S(=O)(c1ccc(Cl)cc1)N1CCc2scc(-c3noc(C(F)(F)F)n3)c2C1. The van der Waals surface area contributed by atoms with Gasteiger partial charge in [-0.2, -0.15) is 22.5 Å². The topological polar surface area (TPSA) is 76.3 Å².